The van der Waals surface area contributed by atoms with Crippen LogP contribution in [0.4, 0.5) is 11.4 Å². The molecule has 3 aliphatic carbocycles. The molecule has 0 amide bonds. The molecular formula is C48H70Cl2N2PRu+. The molecule has 6 heteroatoms. The van der Waals surface area contributed by atoms with Crippen LogP contribution < -0.4 is 9.80 Å². The molecule has 0 radical (unpaired) electrons. The van der Waals surface area contributed by atoms with Crippen molar-refractivity contribution in [3.63, 3.8) is 0 Å². The molecule has 3 saturated carbocycles. The topological polar surface area (TPSA) is 6.48 Å². The molecular weight excluding hydrogens is 807 g/mol. The standard InChI is InChI=1S/C23H30N2.C18H33P.C7H6.2ClH.Ru/c1-5-18-11-9-12-19(6-2)22(18)24-15-16-25(17-24)23-20(7-3)13-10-14-21(23)8-4;1-4-10-16(11-5-1)19(17-12-6-2-7-13-17)18-14-8-3-9-15-18;1-7-5-3-2-4-6-7;;;/h9-14H,5-8,15-16H2,1-4H3;16-18H,1-15H2;1-6H;2*1H;/q;;;;;+2/p-1. The van der Waals surface area contributed by atoms with Crippen molar-refractivity contribution in [2.45, 2.75) is 167 Å². The van der Waals surface area contributed by atoms with E-state index in [0.717, 1.165) is 48.7 Å². The molecule has 7 rings (SSSR count). The zero-order valence-corrected chi connectivity index (χ0v) is 38.3. The number of hydrogen-bond acceptors (Lipinski definition) is 2. The monoisotopic (exact) mass is 877 g/mol. The van der Waals surface area contributed by atoms with E-state index in [1.54, 1.807) is 96.3 Å². The number of nitrogens with zero attached hydrogens (tertiary/aromatic N) is 2. The van der Waals surface area contributed by atoms with Crippen molar-refractivity contribution >= 4 is 47.6 Å². The number of rotatable bonds is 10. The Balaban J connectivity index is 0.000000219. The first-order chi connectivity index (χ1) is 26.4. The minimum atomic E-state index is -3.47. The van der Waals surface area contributed by atoms with E-state index < -0.39 is 11.9 Å². The molecule has 0 unspecified atom stereocenters. The van der Waals surface area contributed by atoms with Gasteiger partial charge < -0.3 is 0 Å². The molecule has 4 fully saturated rings. The summed E-state index contributed by atoms with van der Waals surface area (Å²) >= 11 is -3.47. The first kappa shape index (κ1) is 42.2. The molecule has 2 nitrogen and oxygen atoms in total. The van der Waals surface area contributed by atoms with Crippen LogP contribution in [-0.4, -0.2) is 39.0 Å². The van der Waals surface area contributed by atoms with Gasteiger partial charge in [-0.25, -0.2) is 0 Å². The minimum absolute atomic E-state index is 0.0465. The van der Waals surface area contributed by atoms with E-state index in [2.05, 4.69) is 90.6 Å². The van der Waals surface area contributed by atoms with Gasteiger partial charge >= 0.3 is 222 Å². The van der Waals surface area contributed by atoms with Crippen LogP contribution >= 0.6 is 27.3 Å². The summed E-state index contributed by atoms with van der Waals surface area (Å²) in [6, 6.07) is 23.7. The molecule has 1 heterocycles. The summed E-state index contributed by atoms with van der Waals surface area (Å²) < 4.78 is 3.25. The quantitative estimate of drug-likeness (QED) is 0.148. The van der Waals surface area contributed by atoms with Crippen LogP contribution in [0.1, 0.15) is 152 Å². The van der Waals surface area contributed by atoms with Crippen LogP contribution in [-0.2, 0) is 37.6 Å². The second-order valence-electron chi connectivity index (χ2n) is 16.3. The predicted octanol–water partition coefficient (Wildman–Crippen LogP) is 13.9. The van der Waals surface area contributed by atoms with Gasteiger partial charge in [0.15, 0.2) is 0 Å². The van der Waals surface area contributed by atoms with Crippen molar-refractivity contribution in [1.29, 1.82) is 0 Å². The number of benzene rings is 3. The number of para-hydroxylation sites is 2. The average Bonchev–Trinajstić information content (AvgIpc) is 3.67. The van der Waals surface area contributed by atoms with Crippen LogP contribution in [0.2, 0.25) is 0 Å². The van der Waals surface area contributed by atoms with Gasteiger partial charge in [0.25, 0.3) is 0 Å². The normalized spacial score (nSPS) is 19.6. The second kappa shape index (κ2) is 20.9. The van der Waals surface area contributed by atoms with E-state index in [1.807, 2.05) is 18.2 Å². The SMILES string of the molecule is C1CCC([PH+](C2CCCCC2)C2CCCCC2)CC1.CCc1cccc(CC)c1N1CCN(c2c(CC)cccc2CC)[C]1=[Ru]([Cl])([Cl])=[CH]c1ccccc1. The van der Waals surface area contributed by atoms with Gasteiger partial charge in [-0.15, -0.1) is 0 Å². The summed E-state index contributed by atoms with van der Waals surface area (Å²) in [5, 5.41) is 0. The van der Waals surface area contributed by atoms with E-state index in [0.29, 0.717) is 0 Å². The van der Waals surface area contributed by atoms with Crippen LogP contribution in [0.15, 0.2) is 66.7 Å². The van der Waals surface area contributed by atoms with Crippen LogP contribution in [0.25, 0.3) is 0 Å². The van der Waals surface area contributed by atoms with Crippen LogP contribution in [0.3, 0.4) is 0 Å². The van der Waals surface area contributed by atoms with Crippen molar-refractivity contribution < 1.29 is 11.9 Å². The van der Waals surface area contributed by atoms with Crippen molar-refractivity contribution in [3.05, 3.63) is 94.5 Å². The molecule has 1 saturated heterocycles. The molecule has 4 aliphatic rings. The van der Waals surface area contributed by atoms with Crippen molar-refractivity contribution in [2.24, 2.45) is 0 Å². The number of anilines is 2. The zero-order valence-electron chi connectivity index (χ0n) is 34.0. The third-order valence-corrected chi connectivity index (χ3v) is 23.0. The Kier molecular flexibility index (Phi) is 16.3. The molecule has 3 aromatic carbocycles. The number of hydrogen-bond donors (Lipinski definition) is 0. The van der Waals surface area contributed by atoms with Crippen molar-refractivity contribution in [2.75, 3.05) is 22.9 Å². The summed E-state index contributed by atoms with van der Waals surface area (Å²) in [6.07, 6.45) is 27.7. The van der Waals surface area contributed by atoms with Gasteiger partial charge in [-0.3, -0.25) is 0 Å². The fourth-order valence-corrected chi connectivity index (χ4v) is 21.6. The molecule has 0 N–H and O–H groups in total. The molecule has 3 aromatic rings. The van der Waals surface area contributed by atoms with Crippen molar-refractivity contribution in [3.8, 4) is 0 Å². The molecule has 298 valence electrons. The maximum absolute atomic E-state index is 7.51. The summed E-state index contributed by atoms with van der Waals surface area (Å²) in [7, 11) is 15.0. The number of aryl methyl sites for hydroxylation is 4. The van der Waals surface area contributed by atoms with E-state index in [-0.39, 0.29) is 7.92 Å². The first-order valence-electron chi connectivity index (χ1n) is 21.9. The van der Waals surface area contributed by atoms with Crippen LogP contribution in [0, 0.1) is 0 Å². The van der Waals surface area contributed by atoms with Gasteiger partial charge in [-0.1, -0.05) is 19.3 Å². The summed E-state index contributed by atoms with van der Waals surface area (Å²) in [6.45, 7) is 10.7. The Morgan fingerprint density at radius 3 is 1.20 bits per heavy atom. The molecule has 0 spiro atoms. The van der Waals surface area contributed by atoms with Gasteiger partial charge in [0.1, 0.15) is 0 Å². The van der Waals surface area contributed by atoms with E-state index in [4.69, 9.17) is 19.4 Å². The second-order valence-corrected chi connectivity index (χ2v) is 29.0. The fourth-order valence-electron chi connectivity index (χ4n) is 10.3. The molecule has 0 bridgehead atoms. The molecule has 54 heavy (non-hydrogen) atoms. The average molecular weight is 878 g/mol. The first-order valence-corrected chi connectivity index (χ1v) is 30.0. The predicted molar refractivity (Wildman–Crippen MR) is 242 cm³/mol. The van der Waals surface area contributed by atoms with Gasteiger partial charge in [0.2, 0.25) is 0 Å². The summed E-state index contributed by atoms with van der Waals surface area (Å²) in [4.78, 5) is 4.93. The van der Waals surface area contributed by atoms with Crippen molar-refractivity contribution in [1.82, 2.24) is 0 Å². The molecule has 0 aromatic heterocycles. The van der Waals surface area contributed by atoms with Crippen LogP contribution in [0.5, 0.6) is 0 Å². The zero-order chi connectivity index (χ0) is 37.9. The Morgan fingerprint density at radius 2 is 0.870 bits per heavy atom. The third-order valence-electron chi connectivity index (χ3n) is 12.9. The summed E-state index contributed by atoms with van der Waals surface area (Å²) in [5.74, 6) is 0. The molecule has 0 atom stereocenters. The van der Waals surface area contributed by atoms with Gasteiger partial charge in [-0.05, 0) is 77.0 Å². The van der Waals surface area contributed by atoms with Gasteiger partial charge in [-0.2, -0.15) is 0 Å². The summed E-state index contributed by atoms with van der Waals surface area (Å²) in [5.41, 5.74) is 12.8. The Morgan fingerprint density at radius 1 is 0.519 bits per heavy atom. The Hall–Kier alpha value is -1.37. The van der Waals surface area contributed by atoms with Gasteiger partial charge in [0.05, 0.1) is 17.0 Å². The van der Waals surface area contributed by atoms with Gasteiger partial charge in [0, 0.05) is 7.92 Å². The van der Waals surface area contributed by atoms with E-state index in [9.17, 15) is 0 Å². The Labute approximate surface area is 341 Å². The molecule has 1 aliphatic heterocycles. The third kappa shape index (κ3) is 10.2. The van der Waals surface area contributed by atoms with E-state index in [1.165, 1.54) is 50.6 Å². The number of halogens is 2. The van der Waals surface area contributed by atoms with E-state index >= 15 is 0 Å². The Bertz CT molecular complexity index is 1590. The fraction of sp³-hybridized carbons (Fsp3) is 0.583. The maximum atomic E-state index is 7.51.